The van der Waals surface area contributed by atoms with E-state index in [0.717, 1.165) is 27.7 Å². The Balaban J connectivity index is 3.87. The van der Waals surface area contributed by atoms with Crippen LogP contribution in [-0.2, 0) is 28.7 Å². The second kappa shape index (κ2) is 8.11. The predicted molar refractivity (Wildman–Crippen MR) is 92.0 cm³/mol. The Morgan fingerprint density at radius 2 is 1.48 bits per heavy atom. The van der Waals surface area contributed by atoms with Gasteiger partial charge >= 0.3 is 0 Å². The van der Waals surface area contributed by atoms with Crippen LogP contribution in [0.25, 0.3) is 0 Å². The molecule has 1 unspecified atom stereocenters. The maximum Gasteiger partial charge on any atom is 0.213 e. The van der Waals surface area contributed by atoms with Gasteiger partial charge in [-0.2, -0.15) is 0 Å². The van der Waals surface area contributed by atoms with Crippen molar-refractivity contribution < 1.29 is 49.1 Å². The molecule has 27 heavy (non-hydrogen) atoms. The average Bonchev–Trinajstić information content (AvgIpc) is 2.57. The number of hydrogen-bond acceptors (Lipinski definition) is 10. The van der Waals surface area contributed by atoms with Crippen molar-refractivity contribution in [3.05, 3.63) is 0 Å². The van der Waals surface area contributed by atoms with E-state index >= 15 is 0 Å². The monoisotopic (exact) mass is 454 g/mol. The SMILES string of the molecule is CC(=O)C(O)[C@H]1O[C@H](OCCBr)[C@@](O)(C(C)=O)[C@](O)(C(C)=O)[C@@]1(O)C(C)=O. The molecule has 0 amide bonds. The molecule has 1 fully saturated rings. The van der Waals surface area contributed by atoms with Gasteiger partial charge in [0.05, 0.1) is 6.61 Å². The van der Waals surface area contributed by atoms with Crippen LogP contribution >= 0.6 is 15.9 Å². The van der Waals surface area contributed by atoms with Gasteiger partial charge in [-0.15, -0.1) is 0 Å². The van der Waals surface area contributed by atoms with E-state index in [2.05, 4.69) is 15.9 Å². The summed E-state index contributed by atoms with van der Waals surface area (Å²) in [5, 5.41) is 43.5. The fourth-order valence-electron chi connectivity index (χ4n) is 3.24. The van der Waals surface area contributed by atoms with Crippen molar-refractivity contribution in [3.8, 4) is 0 Å². The minimum atomic E-state index is -3.46. The van der Waals surface area contributed by atoms with Crippen molar-refractivity contribution in [2.75, 3.05) is 11.9 Å². The Morgan fingerprint density at radius 1 is 1.00 bits per heavy atom. The van der Waals surface area contributed by atoms with Crippen LogP contribution in [0.1, 0.15) is 27.7 Å². The largest absolute Gasteiger partial charge is 0.382 e. The number of aliphatic hydroxyl groups excluding tert-OH is 1. The maximum atomic E-state index is 12.4. The quantitative estimate of drug-likeness (QED) is 0.302. The summed E-state index contributed by atoms with van der Waals surface area (Å²) in [5.74, 6) is -4.88. The number of carbonyl (C=O) groups excluding carboxylic acids is 4. The number of ether oxygens (including phenoxy) is 2. The van der Waals surface area contributed by atoms with E-state index in [9.17, 15) is 39.6 Å². The van der Waals surface area contributed by atoms with Crippen LogP contribution in [0.4, 0.5) is 0 Å². The lowest BCUT2D eigenvalue weighted by Gasteiger charge is -2.57. The molecular weight excluding hydrogens is 432 g/mol. The Bertz CT molecular complexity index is 651. The van der Waals surface area contributed by atoms with Crippen LogP contribution in [0.3, 0.4) is 0 Å². The van der Waals surface area contributed by atoms with E-state index in [1.165, 1.54) is 0 Å². The highest BCUT2D eigenvalue weighted by molar-refractivity contribution is 9.09. The lowest BCUT2D eigenvalue weighted by molar-refractivity contribution is -0.371. The smallest absolute Gasteiger partial charge is 0.213 e. The van der Waals surface area contributed by atoms with Crippen LogP contribution in [0, 0.1) is 0 Å². The van der Waals surface area contributed by atoms with Crippen LogP contribution in [0.2, 0.25) is 0 Å². The van der Waals surface area contributed by atoms with Gasteiger partial charge in [-0.05, 0) is 27.7 Å². The molecular formula is C16H23BrO10. The fraction of sp³-hybridized carbons (Fsp3) is 0.750. The molecule has 0 saturated carbocycles. The molecule has 154 valence electrons. The van der Waals surface area contributed by atoms with Gasteiger partial charge in [0.25, 0.3) is 0 Å². The van der Waals surface area contributed by atoms with Gasteiger partial charge in [0.15, 0.2) is 35.0 Å². The van der Waals surface area contributed by atoms with Gasteiger partial charge in [-0.25, -0.2) is 0 Å². The van der Waals surface area contributed by atoms with Crippen molar-refractivity contribution >= 4 is 39.1 Å². The number of aliphatic hydroxyl groups is 4. The Kier molecular flexibility index (Phi) is 7.20. The summed E-state index contributed by atoms with van der Waals surface area (Å²) in [6, 6.07) is 0. The summed E-state index contributed by atoms with van der Waals surface area (Å²) >= 11 is 3.04. The molecule has 1 heterocycles. The molecule has 0 spiro atoms. The summed E-state index contributed by atoms with van der Waals surface area (Å²) < 4.78 is 10.4. The molecule has 1 saturated heterocycles. The third-order valence-electron chi connectivity index (χ3n) is 4.76. The van der Waals surface area contributed by atoms with E-state index < -0.39 is 58.4 Å². The highest BCUT2D eigenvalue weighted by Crippen LogP contribution is 2.47. The van der Waals surface area contributed by atoms with E-state index in [1.54, 1.807) is 0 Å². The first-order valence-corrected chi connectivity index (χ1v) is 9.08. The predicted octanol–water partition coefficient (Wildman–Crippen LogP) is -1.97. The molecule has 1 aliphatic rings. The standard InChI is InChI=1S/C16H23BrO10/c1-7(18)11(22)12-14(23,8(2)19)16(25,10(4)21)15(24,9(3)20)13(27-12)26-6-5-17/h11-13,22-25H,5-6H2,1-4H3/t11?,12-,13+,14-,15+,16+/m1/s1. The number of ketones is 4. The summed E-state index contributed by atoms with van der Waals surface area (Å²) in [6.07, 6.45) is -6.43. The number of hydrogen-bond donors (Lipinski definition) is 4. The second-order valence-corrected chi connectivity index (χ2v) is 7.21. The van der Waals surface area contributed by atoms with Crippen molar-refractivity contribution in [3.63, 3.8) is 0 Å². The van der Waals surface area contributed by atoms with Crippen molar-refractivity contribution in [2.45, 2.75) is 63.0 Å². The molecule has 4 N–H and O–H groups in total. The average molecular weight is 455 g/mol. The number of alkyl halides is 1. The zero-order chi connectivity index (χ0) is 21.4. The molecule has 11 heteroatoms. The Labute approximate surface area is 163 Å². The Hall–Kier alpha value is -1.08. The molecule has 6 atom stereocenters. The van der Waals surface area contributed by atoms with E-state index in [4.69, 9.17) is 9.47 Å². The first-order valence-electron chi connectivity index (χ1n) is 7.96. The number of halogens is 1. The van der Waals surface area contributed by atoms with Crippen molar-refractivity contribution in [2.24, 2.45) is 0 Å². The number of carbonyl (C=O) groups is 4. The van der Waals surface area contributed by atoms with Crippen LogP contribution < -0.4 is 0 Å². The lowest BCUT2D eigenvalue weighted by atomic mass is 9.60. The van der Waals surface area contributed by atoms with E-state index in [-0.39, 0.29) is 11.9 Å². The third-order valence-corrected chi connectivity index (χ3v) is 5.08. The molecule has 0 radical (unpaired) electrons. The maximum absolute atomic E-state index is 12.4. The van der Waals surface area contributed by atoms with E-state index in [0.29, 0.717) is 0 Å². The highest BCUT2D eigenvalue weighted by atomic mass is 79.9. The first-order chi connectivity index (χ1) is 12.2. The van der Waals surface area contributed by atoms with Crippen molar-refractivity contribution in [1.29, 1.82) is 0 Å². The zero-order valence-electron chi connectivity index (χ0n) is 15.3. The van der Waals surface area contributed by atoms with Gasteiger partial charge in [0.1, 0.15) is 12.2 Å². The van der Waals surface area contributed by atoms with Crippen LogP contribution in [-0.4, -0.2) is 90.8 Å². The van der Waals surface area contributed by atoms with Gasteiger partial charge in [-0.1, -0.05) is 15.9 Å². The van der Waals surface area contributed by atoms with E-state index in [1.807, 2.05) is 0 Å². The van der Waals surface area contributed by atoms with Gasteiger partial charge in [0.2, 0.25) is 11.2 Å². The molecule has 0 aromatic heterocycles. The summed E-state index contributed by atoms with van der Waals surface area (Å²) in [5.41, 5.74) is -9.99. The minimum absolute atomic E-state index is 0.185. The Morgan fingerprint density at radius 3 is 1.81 bits per heavy atom. The fourth-order valence-corrected chi connectivity index (χ4v) is 3.42. The van der Waals surface area contributed by atoms with Crippen LogP contribution in [0.5, 0.6) is 0 Å². The van der Waals surface area contributed by atoms with Gasteiger partial charge in [0, 0.05) is 5.33 Å². The van der Waals surface area contributed by atoms with Crippen LogP contribution in [0.15, 0.2) is 0 Å². The first kappa shape index (κ1) is 24.0. The minimum Gasteiger partial charge on any atom is -0.382 e. The molecule has 1 rings (SSSR count). The second-order valence-electron chi connectivity index (χ2n) is 6.42. The topological polar surface area (TPSA) is 168 Å². The summed E-state index contributed by atoms with van der Waals surface area (Å²) in [6.45, 7) is 3.00. The summed E-state index contributed by atoms with van der Waals surface area (Å²) in [7, 11) is 0. The highest BCUT2D eigenvalue weighted by Gasteiger charge is 2.79. The molecule has 10 nitrogen and oxygen atoms in total. The molecule has 0 aliphatic carbocycles. The van der Waals surface area contributed by atoms with Gasteiger partial charge < -0.3 is 29.9 Å². The molecule has 0 aromatic rings. The normalized spacial score (nSPS) is 37.5. The number of Topliss-reactive ketones (excluding diaryl/α,β-unsaturated/α-hetero) is 4. The zero-order valence-corrected chi connectivity index (χ0v) is 16.8. The van der Waals surface area contributed by atoms with Gasteiger partial charge in [-0.3, -0.25) is 19.2 Å². The van der Waals surface area contributed by atoms with Crippen molar-refractivity contribution in [1.82, 2.24) is 0 Å². The molecule has 0 bridgehead atoms. The molecule has 1 aliphatic heterocycles. The molecule has 0 aromatic carbocycles. The number of rotatable bonds is 8. The lowest BCUT2D eigenvalue weighted by Crippen LogP contribution is -2.87. The summed E-state index contributed by atoms with van der Waals surface area (Å²) in [4.78, 5) is 48.5. The third kappa shape index (κ3) is 3.31.